The highest BCUT2D eigenvalue weighted by Gasteiger charge is 2.23. The lowest BCUT2D eigenvalue weighted by Gasteiger charge is -2.34. The fourth-order valence-corrected chi connectivity index (χ4v) is 3.05. The molecule has 1 fully saturated rings. The van der Waals surface area contributed by atoms with Gasteiger partial charge in [-0.3, -0.25) is 0 Å². The summed E-state index contributed by atoms with van der Waals surface area (Å²) in [6, 6.07) is 0.798. The molecule has 0 aliphatic heterocycles. The van der Waals surface area contributed by atoms with Crippen molar-refractivity contribution in [1.29, 1.82) is 0 Å². The number of hydrogen-bond acceptors (Lipinski definition) is 3. The Morgan fingerprint density at radius 2 is 1.89 bits per heavy atom. The van der Waals surface area contributed by atoms with Gasteiger partial charge in [0.25, 0.3) is 0 Å². The zero-order valence-corrected chi connectivity index (χ0v) is 12.3. The minimum Gasteiger partial charge on any atom is -0.394 e. The second kappa shape index (κ2) is 8.13. The van der Waals surface area contributed by atoms with Crippen molar-refractivity contribution in [3.05, 3.63) is 0 Å². The zero-order valence-electron chi connectivity index (χ0n) is 12.3. The normalized spacial score (nSPS) is 21.2. The summed E-state index contributed by atoms with van der Waals surface area (Å²) in [5, 5.41) is 9.32. The monoisotopic (exact) mass is 256 g/mol. The molecule has 1 aliphatic carbocycles. The van der Waals surface area contributed by atoms with Crippen molar-refractivity contribution in [1.82, 2.24) is 4.90 Å². The molecule has 0 aromatic carbocycles. The van der Waals surface area contributed by atoms with Crippen LogP contribution in [0.5, 0.6) is 0 Å². The highest BCUT2D eigenvalue weighted by molar-refractivity contribution is 4.82. The van der Waals surface area contributed by atoms with Crippen molar-refractivity contribution in [2.24, 2.45) is 5.73 Å². The first-order valence-electron chi connectivity index (χ1n) is 7.79. The van der Waals surface area contributed by atoms with Crippen LogP contribution in [-0.2, 0) is 0 Å². The first-order chi connectivity index (χ1) is 8.65. The average molecular weight is 256 g/mol. The Morgan fingerprint density at radius 3 is 2.39 bits per heavy atom. The summed E-state index contributed by atoms with van der Waals surface area (Å²) in [5.41, 5.74) is 5.78. The van der Waals surface area contributed by atoms with Crippen LogP contribution < -0.4 is 5.73 Å². The van der Waals surface area contributed by atoms with Crippen molar-refractivity contribution in [3.63, 3.8) is 0 Å². The molecule has 1 atom stereocenters. The summed E-state index contributed by atoms with van der Waals surface area (Å²) in [5.74, 6) is 0. The van der Waals surface area contributed by atoms with E-state index >= 15 is 0 Å². The molecule has 3 nitrogen and oxygen atoms in total. The van der Waals surface area contributed by atoms with E-state index in [-0.39, 0.29) is 12.1 Å². The number of nitrogens with zero attached hydrogens (tertiary/aromatic N) is 1. The second-order valence-corrected chi connectivity index (χ2v) is 5.90. The van der Waals surface area contributed by atoms with Gasteiger partial charge < -0.3 is 15.7 Å². The zero-order chi connectivity index (χ0) is 13.4. The predicted molar refractivity (Wildman–Crippen MR) is 77.6 cm³/mol. The van der Waals surface area contributed by atoms with E-state index in [1.807, 2.05) is 0 Å². The highest BCUT2D eigenvalue weighted by Crippen LogP contribution is 2.23. The Labute approximate surface area is 113 Å². The van der Waals surface area contributed by atoms with Gasteiger partial charge in [0.2, 0.25) is 0 Å². The lowest BCUT2D eigenvalue weighted by Crippen LogP contribution is -2.44. The molecule has 1 rings (SSSR count). The smallest absolute Gasteiger partial charge is 0.0611 e. The molecule has 0 amide bonds. The molecule has 3 heteroatoms. The molecule has 1 aliphatic rings. The van der Waals surface area contributed by atoms with Gasteiger partial charge in [-0.1, -0.05) is 33.1 Å². The van der Waals surface area contributed by atoms with Gasteiger partial charge in [-0.15, -0.1) is 0 Å². The predicted octanol–water partition coefficient (Wildman–Crippen LogP) is 2.52. The molecule has 1 unspecified atom stereocenters. The van der Waals surface area contributed by atoms with Crippen LogP contribution in [0.4, 0.5) is 0 Å². The molecule has 0 radical (unpaired) electrons. The van der Waals surface area contributed by atoms with Crippen LogP contribution in [-0.4, -0.2) is 41.3 Å². The SMILES string of the molecule is CCN(CCCC(N)(CC)CO)C1CCCCC1. The van der Waals surface area contributed by atoms with Crippen LogP contribution >= 0.6 is 0 Å². The largest absolute Gasteiger partial charge is 0.394 e. The van der Waals surface area contributed by atoms with Crippen molar-refractivity contribution >= 4 is 0 Å². The van der Waals surface area contributed by atoms with Gasteiger partial charge in [0.1, 0.15) is 0 Å². The van der Waals surface area contributed by atoms with Gasteiger partial charge in [0.15, 0.2) is 0 Å². The number of rotatable bonds is 8. The van der Waals surface area contributed by atoms with Gasteiger partial charge in [0.05, 0.1) is 6.61 Å². The Bertz CT molecular complexity index is 211. The summed E-state index contributed by atoms with van der Waals surface area (Å²) in [7, 11) is 0. The van der Waals surface area contributed by atoms with Crippen molar-refractivity contribution in [3.8, 4) is 0 Å². The molecule has 3 N–H and O–H groups in total. The molecule has 0 bridgehead atoms. The summed E-state index contributed by atoms with van der Waals surface area (Å²) in [6.07, 6.45) is 9.85. The van der Waals surface area contributed by atoms with E-state index < -0.39 is 0 Å². The molecular weight excluding hydrogens is 224 g/mol. The van der Waals surface area contributed by atoms with Crippen LogP contribution in [0, 0.1) is 0 Å². The average Bonchev–Trinajstić information content (AvgIpc) is 2.44. The molecule has 0 heterocycles. The topological polar surface area (TPSA) is 49.5 Å². The summed E-state index contributed by atoms with van der Waals surface area (Å²) >= 11 is 0. The minimum absolute atomic E-state index is 0.110. The van der Waals surface area contributed by atoms with Gasteiger partial charge >= 0.3 is 0 Å². The van der Waals surface area contributed by atoms with Gasteiger partial charge in [-0.05, 0) is 45.2 Å². The van der Waals surface area contributed by atoms with E-state index in [1.54, 1.807) is 0 Å². The second-order valence-electron chi connectivity index (χ2n) is 5.90. The highest BCUT2D eigenvalue weighted by atomic mass is 16.3. The van der Waals surface area contributed by atoms with Crippen molar-refractivity contribution < 1.29 is 5.11 Å². The third-order valence-electron chi connectivity index (χ3n) is 4.64. The summed E-state index contributed by atoms with van der Waals surface area (Å²) in [6.45, 7) is 6.72. The van der Waals surface area contributed by atoms with Gasteiger partial charge in [-0.25, -0.2) is 0 Å². The Hall–Kier alpha value is -0.120. The summed E-state index contributed by atoms with van der Waals surface area (Å²) in [4.78, 5) is 2.62. The number of aliphatic hydroxyl groups excluding tert-OH is 1. The summed E-state index contributed by atoms with van der Waals surface area (Å²) < 4.78 is 0. The molecule has 108 valence electrons. The van der Waals surface area contributed by atoms with Crippen LogP contribution in [0.25, 0.3) is 0 Å². The quantitative estimate of drug-likeness (QED) is 0.701. The lowest BCUT2D eigenvalue weighted by atomic mass is 9.91. The molecule has 0 saturated heterocycles. The molecule has 18 heavy (non-hydrogen) atoms. The van der Waals surface area contributed by atoms with Crippen molar-refractivity contribution in [2.45, 2.75) is 76.8 Å². The van der Waals surface area contributed by atoms with E-state index in [0.29, 0.717) is 0 Å². The Balaban J connectivity index is 2.30. The van der Waals surface area contributed by atoms with Crippen LogP contribution in [0.15, 0.2) is 0 Å². The van der Waals surface area contributed by atoms with Crippen molar-refractivity contribution in [2.75, 3.05) is 19.7 Å². The molecule has 0 aromatic heterocycles. The Kier molecular flexibility index (Phi) is 7.20. The third kappa shape index (κ3) is 4.87. The number of nitrogens with two attached hydrogens (primary N) is 1. The first kappa shape index (κ1) is 15.9. The fourth-order valence-electron chi connectivity index (χ4n) is 3.05. The van der Waals surface area contributed by atoms with E-state index in [2.05, 4.69) is 18.7 Å². The number of aliphatic hydroxyl groups is 1. The lowest BCUT2D eigenvalue weighted by molar-refractivity contribution is 0.142. The molecule has 0 spiro atoms. The van der Waals surface area contributed by atoms with E-state index in [9.17, 15) is 5.11 Å². The number of hydrogen-bond donors (Lipinski definition) is 2. The van der Waals surface area contributed by atoms with Gasteiger partial charge in [-0.2, -0.15) is 0 Å². The van der Waals surface area contributed by atoms with E-state index in [0.717, 1.165) is 38.4 Å². The van der Waals surface area contributed by atoms with Crippen LogP contribution in [0.2, 0.25) is 0 Å². The third-order valence-corrected chi connectivity index (χ3v) is 4.64. The first-order valence-corrected chi connectivity index (χ1v) is 7.79. The van der Waals surface area contributed by atoms with Gasteiger partial charge in [0, 0.05) is 11.6 Å². The van der Waals surface area contributed by atoms with E-state index in [4.69, 9.17) is 5.73 Å². The molecule has 0 aromatic rings. The maximum atomic E-state index is 9.32. The van der Waals surface area contributed by atoms with E-state index in [1.165, 1.54) is 32.1 Å². The molecular formula is C15H32N2O. The maximum absolute atomic E-state index is 9.32. The minimum atomic E-state index is -0.355. The molecule has 1 saturated carbocycles. The van der Waals surface area contributed by atoms with Crippen LogP contribution in [0.1, 0.15) is 65.2 Å². The Morgan fingerprint density at radius 1 is 1.22 bits per heavy atom. The maximum Gasteiger partial charge on any atom is 0.0611 e. The van der Waals surface area contributed by atoms with Crippen LogP contribution in [0.3, 0.4) is 0 Å². The fraction of sp³-hybridized carbons (Fsp3) is 1.00. The standard InChI is InChI=1S/C15H32N2O/c1-3-15(16,13-18)11-8-12-17(4-2)14-9-6-5-7-10-14/h14,18H,3-13,16H2,1-2H3.